The first-order valence-electron chi connectivity index (χ1n) is 5.35. The Morgan fingerprint density at radius 2 is 1.93 bits per heavy atom. The Hall–Kier alpha value is -1.06. The van der Waals surface area contributed by atoms with Gasteiger partial charge in [0.15, 0.2) is 0 Å². The largest absolute Gasteiger partial charge is 0.469 e. The second-order valence-corrected chi connectivity index (χ2v) is 3.48. The lowest BCUT2D eigenvalue weighted by molar-refractivity contribution is -0.147. The number of unbranched alkanes of at least 4 members (excludes halogenated alkanes) is 1. The van der Waals surface area contributed by atoms with Gasteiger partial charge >= 0.3 is 11.9 Å². The van der Waals surface area contributed by atoms with Crippen molar-refractivity contribution >= 4 is 11.9 Å². The van der Waals surface area contributed by atoms with Crippen LogP contribution in [0.15, 0.2) is 0 Å². The molecule has 0 spiro atoms. The second-order valence-electron chi connectivity index (χ2n) is 3.48. The molecule has 88 valence electrons. The summed E-state index contributed by atoms with van der Waals surface area (Å²) in [5.41, 5.74) is 0. The van der Waals surface area contributed by atoms with Crippen LogP contribution in [0.2, 0.25) is 0 Å². The van der Waals surface area contributed by atoms with Crippen molar-refractivity contribution < 1.29 is 19.1 Å². The van der Waals surface area contributed by atoms with Crippen molar-refractivity contribution in [1.29, 1.82) is 0 Å². The molecular weight excluding hydrogens is 196 g/mol. The first-order valence-corrected chi connectivity index (χ1v) is 5.35. The van der Waals surface area contributed by atoms with Crippen molar-refractivity contribution in [1.82, 2.24) is 0 Å². The van der Waals surface area contributed by atoms with Gasteiger partial charge in [-0.05, 0) is 19.8 Å². The molecule has 0 aromatic carbocycles. The van der Waals surface area contributed by atoms with Crippen LogP contribution < -0.4 is 0 Å². The topological polar surface area (TPSA) is 52.6 Å². The molecule has 0 aliphatic carbocycles. The van der Waals surface area contributed by atoms with Crippen LogP contribution in [0.25, 0.3) is 0 Å². The third kappa shape index (κ3) is 6.94. The van der Waals surface area contributed by atoms with Crippen LogP contribution in [0, 0.1) is 5.92 Å². The summed E-state index contributed by atoms with van der Waals surface area (Å²) in [6.45, 7) is 4.06. The molecule has 0 saturated carbocycles. The summed E-state index contributed by atoms with van der Waals surface area (Å²) in [7, 11) is 1.38. The number of ether oxygens (including phenoxy) is 2. The average Bonchev–Trinajstić information content (AvgIpc) is 2.23. The fraction of sp³-hybridized carbons (Fsp3) is 0.818. The second kappa shape index (κ2) is 8.26. The Morgan fingerprint density at radius 1 is 1.27 bits per heavy atom. The molecule has 0 rings (SSSR count). The summed E-state index contributed by atoms with van der Waals surface area (Å²) in [4.78, 5) is 22.0. The summed E-state index contributed by atoms with van der Waals surface area (Å²) < 4.78 is 9.39. The summed E-state index contributed by atoms with van der Waals surface area (Å²) in [6, 6.07) is 0. The van der Waals surface area contributed by atoms with Crippen molar-refractivity contribution in [3.05, 3.63) is 0 Å². The first kappa shape index (κ1) is 13.9. The van der Waals surface area contributed by atoms with Gasteiger partial charge in [0, 0.05) is 6.42 Å². The Morgan fingerprint density at radius 3 is 2.47 bits per heavy atom. The Labute approximate surface area is 90.9 Å². The fourth-order valence-electron chi connectivity index (χ4n) is 1.22. The molecule has 0 bridgehead atoms. The quantitative estimate of drug-likeness (QED) is 0.482. The molecule has 4 nitrogen and oxygen atoms in total. The maximum Gasteiger partial charge on any atom is 0.308 e. The summed E-state index contributed by atoms with van der Waals surface area (Å²) >= 11 is 0. The molecule has 0 saturated heterocycles. The van der Waals surface area contributed by atoms with Gasteiger partial charge in [-0.15, -0.1) is 0 Å². The van der Waals surface area contributed by atoms with E-state index in [1.807, 2.05) is 6.92 Å². The number of methoxy groups -OCH3 is 1. The van der Waals surface area contributed by atoms with Crippen molar-refractivity contribution in [2.24, 2.45) is 5.92 Å². The van der Waals surface area contributed by atoms with Gasteiger partial charge in [0.25, 0.3) is 0 Å². The van der Waals surface area contributed by atoms with Gasteiger partial charge in [0.2, 0.25) is 0 Å². The van der Waals surface area contributed by atoms with Crippen LogP contribution in [0.5, 0.6) is 0 Å². The maximum atomic E-state index is 11.2. The predicted molar refractivity (Wildman–Crippen MR) is 56.3 cm³/mol. The van der Waals surface area contributed by atoms with E-state index in [9.17, 15) is 9.59 Å². The SMILES string of the molecule is CCOC(=O)C(C)CCCCC(=O)OC. The average molecular weight is 216 g/mol. The molecule has 1 unspecified atom stereocenters. The minimum absolute atomic E-state index is 0.0809. The van der Waals surface area contributed by atoms with Crippen LogP contribution in [0.3, 0.4) is 0 Å². The lowest BCUT2D eigenvalue weighted by Crippen LogP contribution is -2.14. The molecular formula is C11H20O4. The molecule has 1 atom stereocenters. The van der Waals surface area contributed by atoms with E-state index >= 15 is 0 Å². The van der Waals surface area contributed by atoms with Gasteiger partial charge in [-0.2, -0.15) is 0 Å². The molecule has 0 aromatic heterocycles. The van der Waals surface area contributed by atoms with E-state index in [2.05, 4.69) is 4.74 Å². The summed E-state index contributed by atoms with van der Waals surface area (Å²) in [6.07, 6.45) is 2.79. The Bertz CT molecular complexity index is 201. The van der Waals surface area contributed by atoms with E-state index in [4.69, 9.17) is 4.74 Å². The van der Waals surface area contributed by atoms with Gasteiger partial charge in [-0.3, -0.25) is 9.59 Å². The van der Waals surface area contributed by atoms with Gasteiger partial charge < -0.3 is 9.47 Å². The number of esters is 2. The highest BCUT2D eigenvalue weighted by molar-refractivity contribution is 5.72. The first-order chi connectivity index (χ1) is 7.11. The maximum absolute atomic E-state index is 11.2. The van der Waals surface area contributed by atoms with Crippen LogP contribution >= 0.6 is 0 Å². The van der Waals surface area contributed by atoms with Crippen LogP contribution in [0.1, 0.15) is 39.5 Å². The fourth-order valence-corrected chi connectivity index (χ4v) is 1.22. The normalized spacial score (nSPS) is 11.9. The number of rotatable bonds is 7. The lowest BCUT2D eigenvalue weighted by atomic mass is 10.0. The zero-order valence-electron chi connectivity index (χ0n) is 9.75. The number of hydrogen-bond acceptors (Lipinski definition) is 4. The molecule has 0 heterocycles. The third-order valence-electron chi connectivity index (χ3n) is 2.18. The highest BCUT2D eigenvalue weighted by Gasteiger charge is 2.13. The van der Waals surface area contributed by atoms with E-state index in [0.29, 0.717) is 13.0 Å². The van der Waals surface area contributed by atoms with Crippen molar-refractivity contribution in [2.75, 3.05) is 13.7 Å². The van der Waals surface area contributed by atoms with Gasteiger partial charge in [-0.1, -0.05) is 13.3 Å². The molecule has 0 fully saturated rings. The minimum Gasteiger partial charge on any atom is -0.469 e. The van der Waals surface area contributed by atoms with Crippen molar-refractivity contribution in [3.63, 3.8) is 0 Å². The van der Waals surface area contributed by atoms with Crippen LogP contribution in [0.4, 0.5) is 0 Å². The smallest absolute Gasteiger partial charge is 0.308 e. The van der Waals surface area contributed by atoms with E-state index in [1.165, 1.54) is 7.11 Å². The predicted octanol–water partition coefficient (Wildman–Crippen LogP) is 1.92. The minimum atomic E-state index is -0.196. The van der Waals surface area contributed by atoms with Crippen molar-refractivity contribution in [3.8, 4) is 0 Å². The van der Waals surface area contributed by atoms with Gasteiger partial charge in [0.05, 0.1) is 19.6 Å². The van der Waals surface area contributed by atoms with Crippen molar-refractivity contribution in [2.45, 2.75) is 39.5 Å². The van der Waals surface area contributed by atoms with Crippen LogP contribution in [-0.2, 0) is 19.1 Å². The Kier molecular flexibility index (Phi) is 7.68. The molecule has 0 aliphatic heterocycles. The Balaban J connectivity index is 3.50. The summed E-state index contributed by atoms with van der Waals surface area (Å²) in [5, 5.41) is 0. The standard InChI is InChI=1S/C11H20O4/c1-4-15-11(13)9(2)7-5-6-8-10(12)14-3/h9H,4-8H2,1-3H3. The van der Waals surface area contributed by atoms with Gasteiger partial charge in [-0.25, -0.2) is 0 Å². The molecule has 0 aliphatic rings. The van der Waals surface area contributed by atoms with E-state index < -0.39 is 0 Å². The third-order valence-corrected chi connectivity index (χ3v) is 2.18. The lowest BCUT2D eigenvalue weighted by Gasteiger charge is -2.09. The zero-order valence-corrected chi connectivity index (χ0v) is 9.75. The number of carbonyl (C=O) groups excluding carboxylic acids is 2. The zero-order chi connectivity index (χ0) is 11.7. The molecule has 4 heteroatoms. The van der Waals surface area contributed by atoms with E-state index in [0.717, 1.165) is 19.3 Å². The number of carbonyl (C=O) groups is 2. The summed E-state index contributed by atoms with van der Waals surface area (Å²) in [5.74, 6) is -0.433. The van der Waals surface area contributed by atoms with Crippen LogP contribution in [-0.4, -0.2) is 25.7 Å². The molecule has 0 amide bonds. The van der Waals surface area contributed by atoms with E-state index in [1.54, 1.807) is 6.92 Å². The monoisotopic (exact) mass is 216 g/mol. The molecule has 15 heavy (non-hydrogen) atoms. The highest BCUT2D eigenvalue weighted by atomic mass is 16.5. The van der Waals surface area contributed by atoms with Gasteiger partial charge in [0.1, 0.15) is 0 Å². The molecule has 0 aromatic rings. The molecule has 0 radical (unpaired) electrons. The number of hydrogen-bond donors (Lipinski definition) is 0. The highest BCUT2D eigenvalue weighted by Crippen LogP contribution is 2.11. The molecule has 0 N–H and O–H groups in total. The van der Waals surface area contributed by atoms with E-state index in [-0.39, 0.29) is 17.9 Å².